The molecule has 0 aliphatic rings. The Hall–Kier alpha value is -3.13. The van der Waals surface area contributed by atoms with Gasteiger partial charge in [0.05, 0.1) is 18.1 Å². The zero-order valence-electron chi connectivity index (χ0n) is 13.3. The van der Waals surface area contributed by atoms with Gasteiger partial charge in [-0.1, -0.05) is 42.5 Å². The first-order valence-electron chi connectivity index (χ1n) is 7.74. The van der Waals surface area contributed by atoms with Crippen LogP contribution in [0.1, 0.15) is 23.1 Å². The van der Waals surface area contributed by atoms with Gasteiger partial charge in [0.25, 0.3) is 0 Å². The molecule has 0 unspecified atom stereocenters. The van der Waals surface area contributed by atoms with Crippen molar-refractivity contribution in [2.75, 3.05) is 6.54 Å². The summed E-state index contributed by atoms with van der Waals surface area (Å²) in [5, 5.41) is 14.3. The van der Waals surface area contributed by atoms with Gasteiger partial charge in [0, 0.05) is 19.5 Å². The molecule has 0 aromatic heterocycles. The summed E-state index contributed by atoms with van der Waals surface area (Å²) >= 11 is 0. The number of nitriles is 1. The first-order valence-corrected chi connectivity index (χ1v) is 7.74. The minimum absolute atomic E-state index is 0.101. The molecule has 0 fully saturated rings. The predicted octanol–water partition coefficient (Wildman–Crippen LogP) is 1.92. The molecule has 0 saturated heterocycles. The predicted molar refractivity (Wildman–Crippen MR) is 90.8 cm³/mol. The molecule has 0 atom stereocenters. The number of benzene rings is 2. The topological polar surface area (TPSA) is 82.0 Å². The number of nitrogens with one attached hydrogen (secondary N) is 2. The van der Waals surface area contributed by atoms with Crippen LogP contribution in [0.25, 0.3) is 0 Å². The number of carbonyl (C=O) groups is 2. The van der Waals surface area contributed by atoms with E-state index in [0.717, 1.165) is 11.1 Å². The van der Waals surface area contributed by atoms with Crippen molar-refractivity contribution in [3.05, 3.63) is 71.3 Å². The highest BCUT2D eigenvalue weighted by Crippen LogP contribution is 2.03. The third kappa shape index (κ3) is 5.93. The quantitative estimate of drug-likeness (QED) is 0.817. The van der Waals surface area contributed by atoms with Crippen molar-refractivity contribution in [2.24, 2.45) is 0 Å². The molecule has 2 aromatic carbocycles. The molecule has 0 bridgehead atoms. The van der Waals surface area contributed by atoms with E-state index in [0.29, 0.717) is 25.1 Å². The smallest absolute Gasteiger partial charge is 0.224 e. The number of nitrogens with zero attached hydrogens (tertiary/aromatic N) is 1. The van der Waals surface area contributed by atoms with Crippen molar-refractivity contribution in [2.45, 2.75) is 19.4 Å². The van der Waals surface area contributed by atoms with E-state index in [1.807, 2.05) is 36.4 Å². The molecule has 0 aliphatic carbocycles. The van der Waals surface area contributed by atoms with Crippen LogP contribution in [0, 0.1) is 11.3 Å². The molecule has 0 heterocycles. The summed E-state index contributed by atoms with van der Waals surface area (Å²) in [6.07, 6.45) is 0.530. The van der Waals surface area contributed by atoms with Crippen LogP contribution in [0.3, 0.4) is 0 Å². The average molecular weight is 321 g/mol. The molecular formula is C19H19N3O2. The van der Waals surface area contributed by atoms with Gasteiger partial charge in [0.15, 0.2) is 0 Å². The van der Waals surface area contributed by atoms with Gasteiger partial charge in [-0.25, -0.2) is 0 Å². The van der Waals surface area contributed by atoms with Gasteiger partial charge >= 0.3 is 0 Å². The fraction of sp³-hybridized carbons (Fsp3) is 0.211. The first-order chi connectivity index (χ1) is 11.7. The third-order valence-electron chi connectivity index (χ3n) is 3.43. The molecule has 24 heavy (non-hydrogen) atoms. The lowest BCUT2D eigenvalue weighted by molar-refractivity contribution is -0.122. The van der Waals surface area contributed by atoms with Crippen LogP contribution in [0.15, 0.2) is 54.6 Å². The van der Waals surface area contributed by atoms with Crippen molar-refractivity contribution in [1.82, 2.24) is 10.6 Å². The van der Waals surface area contributed by atoms with E-state index >= 15 is 0 Å². The Balaban J connectivity index is 1.66. The Labute approximate surface area is 141 Å². The maximum absolute atomic E-state index is 11.8. The van der Waals surface area contributed by atoms with Crippen molar-refractivity contribution >= 4 is 11.8 Å². The van der Waals surface area contributed by atoms with Gasteiger partial charge in [-0.05, 0) is 23.3 Å². The van der Waals surface area contributed by atoms with Crippen LogP contribution in [0.4, 0.5) is 0 Å². The summed E-state index contributed by atoms with van der Waals surface area (Å²) in [5.41, 5.74) is 2.38. The molecule has 122 valence electrons. The molecule has 0 aliphatic heterocycles. The second-order valence-electron chi connectivity index (χ2n) is 5.35. The number of rotatable bonds is 7. The maximum atomic E-state index is 11.8. The monoisotopic (exact) mass is 321 g/mol. The van der Waals surface area contributed by atoms with E-state index < -0.39 is 0 Å². The van der Waals surface area contributed by atoms with Crippen LogP contribution in [-0.2, 0) is 22.6 Å². The van der Waals surface area contributed by atoms with Crippen LogP contribution < -0.4 is 10.6 Å². The van der Waals surface area contributed by atoms with Gasteiger partial charge in [-0.15, -0.1) is 0 Å². The Morgan fingerprint density at radius 2 is 1.67 bits per heavy atom. The van der Waals surface area contributed by atoms with E-state index in [2.05, 4.69) is 16.7 Å². The second kappa shape index (κ2) is 9.11. The number of hydrogen-bond donors (Lipinski definition) is 2. The zero-order chi connectivity index (χ0) is 17.2. The number of hydrogen-bond acceptors (Lipinski definition) is 3. The molecule has 2 amide bonds. The SMILES string of the molecule is N#Cc1cccc(CNC(=O)CCNC(=O)Cc2ccccc2)c1. The fourth-order valence-electron chi connectivity index (χ4n) is 2.20. The molecule has 2 aromatic rings. The highest BCUT2D eigenvalue weighted by Gasteiger charge is 2.05. The molecule has 2 rings (SSSR count). The van der Waals surface area contributed by atoms with E-state index in [1.54, 1.807) is 18.2 Å². The van der Waals surface area contributed by atoms with Crippen molar-refractivity contribution in [3.8, 4) is 6.07 Å². The molecular weight excluding hydrogens is 302 g/mol. The minimum Gasteiger partial charge on any atom is -0.355 e. The Morgan fingerprint density at radius 1 is 0.917 bits per heavy atom. The summed E-state index contributed by atoms with van der Waals surface area (Å²) in [7, 11) is 0. The van der Waals surface area contributed by atoms with Crippen molar-refractivity contribution in [1.29, 1.82) is 5.26 Å². The Morgan fingerprint density at radius 3 is 2.42 bits per heavy atom. The van der Waals surface area contributed by atoms with Crippen molar-refractivity contribution < 1.29 is 9.59 Å². The summed E-state index contributed by atoms with van der Waals surface area (Å²) < 4.78 is 0. The van der Waals surface area contributed by atoms with Crippen LogP contribution in [0.5, 0.6) is 0 Å². The highest BCUT2D eigenvalue weighted by atomic mass is 16.2. The molecule has 0 radical (unpaired) electrons. The van der Waals surface area contributed by atoms with Gasteiger partial charge in [0.2, 0.25) is 11.8 Å². The normalized spacial score (nSPS) is 9.79. The largest absolute Gasteiger partial charge is 0.355 e. The Bertz CT molecular complexity index is 736. The van der Waals surface area contributed by atoms with Crippen LogP contribution >= 0.6 is 0 Å². The third-order valence-corrected chi connectivity index (χ3v) is 3.43. The summed E-state index contributed by atoms with van der Waals surface area (Å²) in [5.74, 6) is -0.243. The number of amides is 2. The summed E-state index contributed by atoms with van der Waals surface area (Å²) in [6, 6.07) is 18.6. The second-order valence-corrected chi connectivity index (χ2v) is 5.35. The molecule has 0 saturated carbocycles. The lowest BCUT2D eigenvalue weighted by Gasteiger charge is -2.07. The molecule has 5 nitrogen and oxygen atoms in total. The van der Waals surface area contributed by atoms with Crippen molar-refractivity contribution in [3.63, 3.8) is 0 Å². The van der Waals surface area contributed by atoms with E-state index in [1.165, 1.54) is 0 Å². The van der Waals surface area contributed by atoms with Gasteiger partial charge in [-0.2, -0.15) is 5.26 Å². The van der Waals surface area contributed by atoms with E-state index in [4.69, 9.17) is 5.26 Å². The molecule has 0 spiro atoms. The number of carbonyl (C=O) groups excluding carboxylic acids is 2. The lowest BCUT2D eigenvalue weighted by Crippen LogP contribution is -2.31. The lowest BCUT2D eigenvalue weighted by atomic mass is 10.1. The summed E-state index contributed by atoms with van der Waals surface area (Å²) in [4.78, 5) is 23.6. The van der Waals surface area contributed by atoms with Gasteiger partial charge < -0.3 is 10.6 Å². The zero-order valence-corrected chi connectivity index (χ0v) is 13.3. The standard InChI is InChI=1S/C19H19N3O2/c20-13-16-7-4-8-17(11-16)14-22-18(23)9-10-21-19(24)12-15-5-2-1-3-6-15/h1-8,11H,9-10,12,14H2,(H,21,24)(H,22,23). The van der Waals surface area contributed by atoms with Gasteiger partial charge in [0.1, 0.15) is 0 Å². The fourth-order valence-corrected chi connectivity index (χ4v) is 2.20. The minimum atomic E-state index is -0.141. The van der Waals surface area contributed by atoms with E-state index in [-0.39, 0.29) is 18.2 Å². The maximum Gasteiger partial charge on any atom is 0.224 e. The first kappa shape index (κ1) is 17.2. The van der Waals surface area contributed by atoms with Crippen LogP contribution in [0.2, 0.25) is 0 Å². The van der Waals surface area contributed by atoms with E-state index in [9.17, 15) is 9.59 Å². The summed E-state index contributed by atoms with van der Waals surface area (Å²) in [6.45, 7) is 0.669. The Kier molecular flexibility index (Phi) is 6.54. The molecule has 2 N–H and O–H groups in total. The molecule has 5 heteroatoms. The van der Waals surface area contributed by atoms with Gasteiger partial charge in [-0.3, -0.25) is 9.59 Å². The highest BCUT2D eigenvalue weighted by molar-refractivity contribution is 5.80. The average Bonchev–Trinajstić information content (AvgIpc) is 2.61. The van der Waals surface area contributed by atoms with Crippen LogP contribution in [-0.4, -0.2) is 18.4 Å².